The molecule has 1 aromatic heterocycles. The van der Waals surface area contributed by atoms with Crippen molar-refractivity contribution in [1.29, 1.82) is 0 Å². The zero-order valence-corrected chi connectivity index (χ0v) is 20.5. The van der Waals surface area contributed by atoms with E-state index in [0.717, 1.165) is 26.3 Å². The highest BCUT2D eigenvalue weighted by Gasteiger charge is 2.54. The number of fused-ring (bicyclic) bond motifs is 1. The highest BCUT2D eigenvalue weighted by Crippen LogP contribution is 2.50. The normalized spacial score (nSPS) is 21.3. The monoisotopic (exact) mass is 529 g/mol. The molecule has 2 aliphatic rings. The number of hydrogen-bond acceptors (Lipinski definition) is 4. The van der Waals surface area contributed by atoms with Gasteiger partial charge in [-0.05, 0) is 61.1 Å². The van der Waals surface area contributed by atoms with Crippen LogP contribution in [0.2, 0.25) is 5.02 Å². The molecule has 8 heteroatoms. The molecule has 1 N–H and O–H groups in total. The van der Waals surface area contributed by atoms with Gasteiger partial charge in [-0.25, -0.2) is 4.98 Å². The quantitative estimate of drug-likeness (QED) is 0.479. The number of aryl methyl sites for hydroxylation is 1. The summed E-state index contributed by atoms with van der Waals surface area (Å²) in [5.41, 5.74) is 1.97. The van der Waals surface area contributed by atoms with Gasteiger partial charge in [0.25, 0.3) is 11.8 Å². The van der Waals surface area contributed by atoms with E-state index in [4.69, 9.17) is 11.6 Å². The summed E-state index contributed by atoms with van der Waals surface area (Å²) in [6, 6.07) is 14.8. The lowest BCUT2D eigenvalue weighted by Crippen LogP contribution is -2.45. The molecule has 2 fully saturated rings. The first-order chi connectivity index (χ1) is 15.4. The number of halogens is 2. The Morgan fingerprint density at radius 3 is 2.84 bits per heavy atom. The molecular weight excluding hydrogens is 510 g/mol. The lowest BCUT2D eigenvalue weighted by atomic mass is 10.1. The number of rotatable bonds is 5. The number of carbonyl (C=O) groups excluding carboxylic acids is 2. The van der Waals surface area contributed by atoms with Crippen LogP contribution >= 0.6 is 38.9 Å². The van der Waals surface area contributed by atoms with Gasteiger partial charge in [0.1, 0.15) is 5.69 Å². The van der Waals surface area contributed by atoms with Gasteiger partial charge in [-0.1, -0.05) is 45.7 Å². The number of benzene rings is 2. The van der Waals surface area contributed by atoms with Gasteiger partial charge in [0, 0.05) is 28.1 Å². The summed E-state index contributed by atoms with van der Waals surface area (Å²) in [5.74, 6) is 0.752. The third-order valence-electron chi connectivity index (χ3n) is 6.15. The van der Waals surface area contributed by atoms with Crippen molar-refractivity contribution >= 4 is 50.7 Å². The lowest BCUT2D eigenvalue weighted by molar-refractivity contribution is 0.0690. The van der Waals surface area contributed by atoms with Gasteiger partial charge in [0.05, 0.1) is 15.9 Å². The number of piperidine rings is 1. The third kappa shape index (κ3) is 4.21. The van der Waals surface area contributed by atoms with Gasteiger partial charge in [-0.3, -0.25) is 9.59 Å². The van der Waals surface area contributed by atoms with Crippen LogP contribution in [0.25, 0.3) is 10.4 Å². The molecule has 2 heterocycles. The smallest absolute Gasteiger partial charge is 0.274 e. The van der Waals surface area contributed by atoms with Crippen molar-refractivity contribution < 1.29 is 9.59 Å². The van der Waals surface area contributed by atoms with E-state index < -0.39 is 0 Å². The van der Waals surface area contributed by atoms with E-state index in [1.165, 1.54) is 11.3 Å². The van der Waals surface area contributed by atoms with Crippen molar-refractivity contribution in [3.63, 3.8) is 0 Å². The summed E-state index contributed by atoms with van der Waals surface area (Å²) in [4.78, 5) is 33.6. The summed E-state index contributed by atoms with van der Waals surface area (Å²) in [6.45, 7) is 3.06. The minimum absolute atomic E-state index is 0.0159. The molecule has 0 spiro atoms. The third-order valence-corrected chi connectivity index (χ3v) is 7.89. The van der Waals surface area contributed by atoms with Crippen molar-refractivity contribution in [2.45, 2.75) is 19.4 Å². The molecule has 3 aromatic rings. The van der Waals surface area contributed by atoms with Crippen molar-refractivity contribution in [2.24, 2.45) is 11.8 Å². The molecule has 0 radical (unpaired) electrons. The molecule has 1 unspecified atom stereocenters. The second-order valence-corrected chi connectivity index (χ2v) is 10.9. The van der Waals surface area contributed by atoms with Gasteiger partial charge in [-0.2, -0.15) is 0 Å². The minimum atomic E-state index is -0.132. The van der Waals surface area contributed by atoms with E-state index in [1.807, 2.05) is 48.2 Å². The zero-order valence-electron chi connectivity index (χ0n) is 17.3. The summed E-state index contributed by atoms with van der Waals surface area (Å²) in [5, 5.41) is 4.50. The summed E-state index contributed by atoms with van der Waals surface area (Å²) >= 11 is 11.1. The predicted octanol–water partition coefficient (Wildman–Crippen LogP) is 5.42. The molecule has 3 atom stereocenters. The van der Waals surface area contributed by atoms with E-state index in [2.05, 4.69) is 26.2 Å². The first kappa shape index (κ1) is 21.6. The predicted molar refractivity (Wildman–Crippen MR) is 130 cm³/mol. The maximum absolute atomic E-state index is 13.6. The Balaban J connectivity index is 1.36. The molecule has 1 aliphatic heterocycles. The fraction of sp³-hybridized carbons (Fsp3) is 0.292. The van der Waals surface area contributed by atoms with Gasteiger partial charge in [0.15, 0.2) is 0 Å². The van der Waals surface area contributed by atoms with Crippen LogP contribution in [0.15, 0.2) is 53.0 Å². The highest BCUT2D eigenvalue weighted by atomic mass is 79.9. The Kier molecular flexibility index (Phi) is 5.82. The standard InChI is InChI=1S/C24H21BrClN3O2S/c1-13-28-21(22(32-13)14-4-3-7-18(26)9-14)24(31)29-12-16-10-19(16)20(29)11-27-23(30)15-5-2-6-17(25)8-15/h2-9,16,19-20H,10-12H2,1H3,(H,27,30)/t16-,19?,20+/m0/s1. The van der Waals surface area contributed by atoms with E-state index in [-0.39, 0.29) is 17.9 Å². The van der Waals surface area contributed by atoms with E-state index in [1.54, 1.807) is 12.1 Å². The number of nitrogens with zero attached hydrogens (tertiary/aromatic N) is 2. The average Bonchev–Trinajstić information content (AvgIpc) is 3.28. The first-order valence-electron chi connectivity index (χ1n) is 10.5. The Labute approximate surface area is 203 Å². The molecule has 5 nitrogen and oxygen atoms in total. The van der Waals surface area contributed by atoms with E-state index in [0.29, 0.717) is 41.2 Å². The molecule has 5 rings (SSSR count). The van der Waals surface area contributed by atoms with Crippen LogP contribution in [-0.2, 0) is 0 Å². The van der Waals surface area contributed by atoms with E-state index >= 15 is 0 Å². The molecule has 0 bridgehead atoms. The van der Waals surface area contributed by atoms with Gasteiger partial charge < -0.3 is 10.2 Å². The van der Waals surface area contributed by atoms with Crippen molar-refractivity contribution in [3.05, 3.63) is 74.3 Å². The fourth-order valence-electron chi connectivity index (χ4n) is 4.53. The number of hydrogen-bond donors (Lipinski definition) is 1. The topological polar surface area (TPSA) is 62.3 Å². The highest BCUT2D eigenvalue weighted by molar-refractivity contribution is 9.10. The SMILES string of the molecule is Cc1nc(C(=O)N2C[C@@H]3CC3[C@H]2CNC(=O)c2cccc(Br)c2)c(-c2cccc(Cl)c2)s1. The Hall–Kier alpha value is -2.22. The fourth-order valence-corrected chi connectivity index (χ4v) is 6.03. The second-order valence-electron chi connectivity index (χ2n) is 8.33. The van der Waals surface area contributed by atoms with Crippen molar-refractivity contribution in [2.75, 3.05) is 13.1 Å². The molecule has 1 saturated heterocycles. The van der Waals surface area contributed by atoms with Gasteiger partial charge in [0.2, 0.25) is 0 Å². The van der Waals surface area contributed by atoms with Crippen LogP contribution in [0.5, 0.6) is 0 Å². The maximum atomic E-state index is 13.6. The molecule has 2 amide bonds. The lowest BCUT2D eigenvalue weighted by Gasteiger charge is -2.27. The maximum Gasteiger partial charge on any atom is 0.274 e. The number of likely N-dealkylation sites (tertiary alicyclic amines) is 1. The summed E-state index contributed by atoms with van der Waals surface area (Å²) in [7, 11) is 0. The van der Waals surface area contributed by atoms with Crippen LogP contribution in [0, 0.1) is 18.8 Å². The Morgan fingerprint density at radius 2 is 2.06 bits per heavy atom. The molecular formula is C24H21BrClN3O2S. The van der Waals surface area contributed by atoms with Gasteiger partial charge in [-0.15, -0.1) is 11.3 Å². The van der Waals surface area contributed by atoms with Crippen LogP contribution in [0.3, 0.4) is 0 Å². The first-order valence-corrected chi connectivity index (χ1v) is 12.5. The second kappa shape index (κ2) is 8.61. The number of nitrogens with one attached hydrogen (secondary N) is 1. The van der Waals surface area contributed by atoms with Crippen LogP contribution in [0.1, 0.15) is 32.3 Å². The van der Waals surface area contributed by atoms with Crippen LogP contribution in [0.4, 0.5) is 0 Å². The van der Waals surface area contributed by atoms with Crippen LogP contribution < -0.4 is 5.32 Å². The molecule has 164 valence electrons. The molecule has 1 saturated carbocycles. The number of carbonyl (C=O) groups is 2. The molecule has 2 aromatic carbocycles. The average molecular weight is 531 g/mol. The van der Waals surface area contributed by atoms with Crippen molar-refractivity contribution in [3.8, 4) is 10.4 Å². The Morgan fingerprint density at radius 1 is 1.25 bits per heavy atom. The van der Waals surface area contributed by atoms with Crippen LogP contribution in [-0.4, -0.2) is 40.8 Å². The van der Waals surface area contributed by atoms with E-state index in [9.17, 15) is 9.59 Å². The minimum Gasteiger partial charge on any atom is -0.350 e. The number of thiazole rings is 1. The number of amides is 2. The largest absolute Gasteiger partial charge is 0.350 e. The summed E-state index contributed by atoms with van der Waals surface area (Å²) in [6.07, 6.45) is 1.11. The zero-order chi connectivity index (χ0) is 22.4. The Bertz CT molecular complexity index is 1210. The molecule has 32 heavy (non-hydrogen) atoms. The molecule has 1 aliphatic carbocycles. The van der Waals surface area contributed by atoms with Crippen molar-refractivity contribution in [1.82, 2.24) is 15.2 Å². The summed E-state index contributed by atoms with van der Waals surface area (Å²) < 4.78 is 0.859. The van der Waals surface area contributed by atoms with Gasteiger partial charge >= 0.3 is 0 Å². The number of aromatic nitrogens is 1.